The van der Waals surface area contributed by atoms with Crippen LogP contribution in [0.5, 0.6) is 0 Å². The highest BCUT2D eigenvalue weighted by Crippen LogP contribution is 2.21. The smallest absolute Gasteiger partial charge is 0.257 e. The molecule has 6 N–H and O–H groups in total. The highest BCUT2D eigenvalue weighted by atomic mass is 32.2. The van der Waals surface area contributed by atoms with Crippen molar-refractivity contribution in [2.24, 2.45) is 0 Å². The molecule has 30 heavy (non-hydrogen) atoms. The maximum atomic E-state index is 12.4. The first-order chi connectivity index (χ1) is 14.3. The number of hydrogen-bond acceptors (Lipinski definition) is 8. The summed E-state index contributed by atoms with van der Waals surface area (Å²) >= 11 is 0. The van der Waals surface area contributed by atoms with E-state index in [2.05, 4.69) is 31.1 Å². The summed E-state index contributed by atoms with van der Waals surface area (Å²) in [6, 6.07) is 15.6. The number of anilines is 3. The number of rotatable bonds is 8. The maximum absolute atomic E-state index is 12.4. The Kier molecular flexibility index (Phi) is 6.45. The summed E-state index contributed by atoms with van der Waals surface area (Å²) in [5, 5.41) is 0. The Morgan fingerprint density at radius 3 is 2.27 bits per heavy atom. The van der Waals surface area contributed by atoms with Crippen LogP contribution in [-0.2, 0) is 21.2 Å². The molecule has 156 valence electrons. The van der Waals surface area contributed by atoms with Gasteiger partial charge < -0.3 is 5.73 Å². The zero-order chi connectivity index (χ0) is 21.6. The lowest BCUT2D eigenvalue weighted by Crippen LogP contribution is -2.33. The molecule has 0 fully saturated rings. The third-order valence-electron chi connectivity index (χ3n) is 4.05. The van der Waals surface area contributed by atoms with Gasteiger partial charge in [-0.2, -0.15) is 0 Å². The van der Waals surface area contributed by atoms with Gasteiger partial charge in [-0.1, -0.05) is 48.0 Å². The number of nitrogens with two attached hydrogens (primary N) is 1. The first-order valence-electron chi connectivity index (χ1n) is 8.89. The summed E-state index contributed by atoms with van der Waals surface area (Å²) in [5.74, 6) is -0.155. The third kappa shape index (κ3) is 5.43. The molecule has 3 aromatic rings. The van der Waals surface area contributed by atoms with Gasteiger partial charge in [0.15, 0.2) is 11.6 Å². The summed E-state index contributed by atoms with van der Waals surface area (Å²) < 4.78 is 24.7. The number of hydrogen-bond donors (Lipinski definition) is 5. The van der Waals surface area contributed by atoms with Crippen molar-refractivity contribution in [1.82, 2.24) is 20.2 Å². The van der Waals surface area contributed by atoms with Crippen molar-refractivity contribution in [3.8, 4) is 0 Å². The number of aromatic nitrogens is 2. The van der Waals surface area contributed by atoms with E-state index in [4.69, 9.17) is 5.73 Å². The fraction of sp³-hybridized carbons (Fsp3) is 0.105. The third-order valence-corrected chi connectivity index (χ3v) is 5.31. The summed E-state index contributed by atoms with van der Waals surface area (Å²) in [7, 11) is -3.83. The molecule has 0 atom stereocenters. The molecule has 1 aromatic heterocycles. The van der Waals surface area contributed by atoms with Crippen molar-refractivity contribution < 1.29 is 13.2 Å². The molecule has 0 bridgehead atoms. The van der Waals surface area contributed by atoms with Crippen molar-refractivity contribution in [1.29, 1.82) is 0 Å². The second-order valence-electron chi connectivity index (χ2n) is 6.36. The molecule has 0 spiro atoms. The molecule has 1 heterocycles. The lowest BCUT2D eigenvalue weighted by molar-refractivity contribution is -0.119. The van der Waals surface area contributed by atoms with E-state index in [9.17, 15) is 13.2 Å². The van der Waals surface area contributed by atoms with Crippen molar-refractivity contribution in [2.75, 3.05) is 16.6 Å². The first-order valence-corrected chi connectivity index (χ1v) is 10.4. The van der Waals surface area contributed by atoms with Gasteiger partial charge >= 0.3 is 0 Å². The van der Waals surface area contributed by atoms with Gasteiger partial charge in [-0.3, -0.25) is 21.1 Å². The molecule has 0 saturated carbocycles. The topological polar surface area (TPSA) is 151 Å². The van der Waals surface area contributed by atoms with Crippen LogP contribution in [0.25, 0.3) is 0 Å². The molecule has 0 saturated heterocycles. The maximum Gasteiger partial charge on any atom is 0.257 e. The Balaban J connectivity index is 1.61. The van der Waals surface area contributed by atoms with Gasteiger partial charge in [0.2, 0.25) is 5.91 Å². The highest BCUT2D eigenvalue weighted by molar-refractivity contribution is 7.89. The molecule has 2 aromatic carbocycles. The number of nitrogens with one attached hydrogen (secondary N) is 4. The number of amides is 1. The van der Waals surface area contributed by atoms with Crippen LogP contribution < -0.4 is 26.8 Å². The number of carbonyl (C=O) groups excluding carboxylic acids is 1. The van der Waals surface area contributed by atoms with E-state index in [0.717, 1.165) is 11.1 Å². The van der Waals surface area contributed by atoms with Crippen molar-refractivity contribution in [2.45, 2.75) is 18.2 Å². The fourth-order valence-electron chi connectivity index (χ4n) is 2.44. The predicted molar refractivity (Wildman–Crippen MR) is 113 cm³/mol. The van der Waals surface area contributed by atoms with E-state index in [0.29, 0.717) is 0 Å². The average molecular weight is 427 g/mol. The molecule has 3 rings (SSSR count). The SMILES string of the molecule is Cc1ccc(S(=O)(=O)NNc2ncnc(NNC(=O)Cc3ccccc3)c2N)cc1. The van der Waals surface area contributed by atoms with Crippen LogP contribution in [0.3, 0.4) is 0 Å². The quantitative estimate of drug-likeness (QED) is 0.338. The molecular weight excluding hydrogens is 406 g/mol. The molecule has 0 aliphatic rings. The Bertz CT molecular complexity index is 1120. The summed E-state index contributed by atoms with van der Waals surface area (Å²) in [6.45, 7) is 1.86. The number of hydrazine groups is 2. The molecule has 0 aliphatic carbocycles. The number of sulfonamides is 1. The zero-order valence-electron chi connectivity index (χ0n) is 16.1. The Labute approximate surface area is 173 Å². The molecule has 0 aliphatic heterocycles. The van der Waals surface area contributed by atoms with Crippen LogP contribution in [0.2, 0.25) is 0 Å². The molecule has 1 amide bonds. The monoisotopic (exact) mass is 427 g/mol. The number of carbonyl (C=O) groups is 1. The zero-order valence-corrected chi connectivity index (χ0v) is 16.9. The first kappa shape index (κ1) is 21.0. The predicted octanol–water partition coefficient (Wildman–Crippen LogP) is 1.36. The summed E-state index contributed by atoms with van der Waals surface area (Å²) in [4.78, 5) is 22.2. The van der Waals surface area contributed by atoms with E-state index < -0.39 is 10.0 Å². The van der Waals surface area contributed by atoms with E-state index in [1.54, 1.807) is 12.1 Å². The number of aryl methyl sites for hydroxylation is 1. The Morgan fingerprint density at radius 1 is 0.967 bits per heavy atom. The van der Waals surface area contributed by atoms with Crippen LogP contribution >= 0.6 is 0 Å². The summed E-state index contributed by atoms with van der Waals surface area (Å²) in [5.41, 5.74) is 15.4. The number of nitrogens with zero attached hydrogens (tertiary/aromatic N) is 2. The van der Waals surface area contributed by atoms with Crippen LogP contribution in [0, 0.1) is 6.92 Å². The minimum Gasteiger partial charge on any atom is -0.393 e. The van der Waals surface area contributed by atoms with Gasteiger partial charge in [0.05, 0.1) is 11.3 Å². The van der Waals surface area contributed by atoms with Crippen LogP contribution in [0.15, 0.2) is 65.8 Å². The largest absolute Gasteiger partial charge is 0.393 e. The van der Waals surface area contributed by atoms with Crippen LogP contribution in [0.4, 0.5) is 17.3 Å². The fourth-order valence-corrected chi connectivity index (χ4v) is 3.28. The molecular formula is C19H21N7O3S. The lowest BCUT2D eigenvalue weighted by Gasteiger charge is -2.14. The summed E-state index contributed by atoms with van der Waals surface area (Å²) in [6.07, 6.45) is 1.34. The van der Waals surface area contributed by atoms with Crippen molar-refractivity contribution in [3.05, 3.63) is 72.1 Å². The molecule has 10 nitrogen and oxygen atoms in total. The second kappa shape index (κ2) is 9.20. The molecule has 0 unspecified atom stereocenters. The number of benzene rings is 2. The van der Waals surface area contributed by atoms with Gasteiger partial charge in [-0.15, -0.1) is 4.83 Å². The Hall–Kier alpha value is -3.70. The van der Waals surface area contributed by atoms with Gasteiger partial charge in [-0.05, 0) is 24.6 Å². The van der Waals surface area contributed by atoms with Crippen molar-refractivity contribution in [3.63, 3.8) is 0 Å². The minimum absolute atomic E-state index is 0.0177. The van der Waals surface area contributed by atoms with Crippen LogP contribution in [-0.4, -0.2) is 24.3 Å². The normalized spacial score (nSPS) is 11.0. The van der Waals surface area contributed by atoms with Gasteiger partial charge in [-0.25, -0.2) is 18.4 Å². The van der Waals surface area contributed by atoms with Gasteiger partial charge in [0, 0.05) is 0 Å². The van der Waals surface area contributed by atoms with Gasteiger partial charge in [0.1, 0.15) is 12.0 Å². The van der Waals surface area contributed by atoms with E-state index in [1.165, 1.54) is 18.5 Å². The highest BCUT2D eigenvalue weighted by Gasteiger charge is 2.15. The Morgan fingerprint density at radius 2 is 1.60 bits per heavy atom. The van der Waals surface area contributed by atoms with E-state index in [-0.39, 0.29) is 34.5 Å². The second-order valence-corrected chi connectivity index (χ2v) is 8.05. The van der Waals surface area contributed by atoms with Crippen LogP contribution in [0.1, 0.15) is 11.1 Å². The molecule has 0 radical (unpaired) electrons. The lowest BCUT2D eigenvalue weighted by atomic mass is 10.1. The minimum atomic E-state index is -3.83. The van der Waals surface area contributed by atoms with E-state index in [1.807, 2.05) is 37.3 Å². The standard InChI is InChI=1S/C19H21N7O3S/c1-13-7-9-15(10-8-13)30(28,29)26-25-19-17(20)18(21-12-22-19)24-23-16(27)11-14-5-3-2-4-6-14/h2-10,12,26H,11,20H2,1H3,(H,23,27)(H2,21,22,24,25). The number of nitrogen functional groups attached to an aromatic ring is 1. The van der Waals surface area contributed by atoms with Crippen molar-refractivity contribution >= 4 is 33.3 Å². The molecule has 11 heteroatoms. The average Bonchev–Trinajstić information content (AvgIpc) is 2.73. The van der Waals surface area contributed by atoms with Gasteiger partial charge in [0.25, 0.3) is 10.0 Å². The van der Waals surface area contributed by atoms with E-state index >= 15 is 0 Å².